The highest BCUT2D eigenvalue weighted by Gasteiger charge is 2.05. The minimum absolute atomic E-state index is 0.403. The highest BCUT2D eigenvalue weighted by atomic mass is 16.5. The zero-order valence-electron chi connectivity index (χ0n) is 10.3. The van der Waals surface area contributed by atoms with E-state index in [0.717, 1.165) is 32.0 Å². The summed E-state index contributed by atoms with van der Waals surface area (Å²) in [5, 5.41) is 3.40. The third kappa shape index (κ3) is 8.52. The van der Waals surface area contributed by atoms with Crippen LogP contribution >= 0.6 is 0 Å². The topological polar surface area (TPSA) is 21.3 Å². The monoisotopic (exact) mass is 201 g/mol. The van der Waals surface area contributed by atoms with E-state index < -0.39 is 0 Å². The van der Waals surface area contributed by atoms with Gasteiger partial charge in [-0.2, -0.15) is 0 Å². The van der Waals surface area contributed by atoms with Gasteiger partial charge in [-0.25, -0.2) is 0 Å². The lowest BCUT2D eigenvalue weighted by atomic mass is 10.1. The molecule has 0 aromatic heterocycles. The molecular formula is C12H27NO. The van der Waals surface area contributed by atoms with Crippen LogP contribution in [-0.2, 0) is 4.74 Å². The summed E-state index contributed by atoms with van der Waals surface area (Å²) in [6, 6.07) is 0. The normalized spacial score (nSPS) is 13.5. The van der Waals surface area contributed by atoms with Crippen LogP contribution in [0, 0.1) is 5.92 Å². The fraction of sp³-hybridized carbons (Fsp3) is 1.00. The van der Waals surface area contributed by atoms with Gasteiger partial charge in [-0.3, -0.25) is 0 Å². The zero-order valence-corrected chi connectivity index (χ0v) is 10.3. The molecule has 0 fully saturated rings. The molecular weight excluding hydrogens is 174 g/mol. The molecule has 0 radical (unpaired) electrons. The molecule has 0 aliphatic carbocycles. The Hall–Kier alpha value is -0.0800. The SMILES string of the molecule is CCCNCC(CC)OCCC(C)C. The molecule has 0 heterocycles. The Morgan fingerprint density at radius 1 is 1.21 bits per heavy atom. The Morgan fingerprint density at radius 2 is 1.93 bits per heavy atom. The zero-order chi connectivity index (χ0) is 10.8. The van der Waals surface area contributed by atoms with Gasteiger partial charge in [0.25, 0.3) is 0 Å². The smallest absolute Gasteiger partial charge is 0.0696 e. The van der Waals surface area contributed by atoms with Crippen LogP contribution in [0.3, 0.4) is 0 Å². The van der Waals surface area contributed by atoms with Gasteiger partial charge in [0.15, 0.2) is 0 Å². The molecule has 1 N–H and O–H groups in total. The van der Waals surface area contributed by atoms with E-state index in [0.29, 0.717) is 6.10 Å². The lowest BCUT2D eigenvalue weighted by Gasteiger charge is -2.17. The number of hydrogen-bond acceptors (Lipinski definition) is 2. The minimum Gasteiger partial charge on any atom is -0.377 e. The first-order chi connectivity index (χ1) is 6.70. The van der Waals surface area contributed by atoms with Crippen molar-refractivity contribution in [1.29, 1.82) is 0 Å². The van der Waals surface area contributed by atoms with Crippen LogP contribution in [0.4, 0.5) is 0 Å². The molecule has 0 aliphatic rings. The predicted molar refractivity (Wildman–Crippen MR) is 62.6 cm³/mol. The third-order valence-corrected chi connectivity index (χ3v) is 2.30. The van der Waals surface area contributed by atoms with Gasteiger partial charge in [-0.1, -0.05) is 27.7 Å². The first-order valence-electron chi connectivity index (χ1n) is 6.03. The Bertz CT molecular complexity index is 115. The number of ether oxygens (including phenoxy) is 1. The lowest BCUT2D eigenvalue weighted by Crippen LogP contribution is -2.29. The van der Waals surface area contributed by atoms with Crippen LogP contribution < -0.4 is 5.32 Å². The van der Waals surface area contributed by atoms with Crippen molar-refractivity contribution in [2.24, 2.45) is 5.92 Å². The first kappa shape index (κ1) is 13.9. The van der Waals surface area contributed by atoms with Crippen LogP contribution in [0.25, 0.3) is 0 Å². The van der Waals surface area contributed by atoms with E-state index in [1.807, 2.05) is 0 Å². The molecule has 0 saturated carbocycles. The summed E-state index contributed by atoms with van der Waals surface area (Å²) in [5.74, 6) is 0.746. The molecule has 1 atom stereocenters. The van der Waals surface area contributed by atoms with Crippen molar-refractivity contribution < 1.29 is 4.74 Å². The highest BCUT2D eigenvalue weighted by molar-refractivity contribution is 4.59. The van der Waals surface area contributed by atoms with E-state index in [1.165, 1.54) is 12.8 Å². The molecule has 0 bridgehead atoms. The summed E-state index contributed by atoms with van der Waals surface area (Å²) in [4.78, 5) is 0. The largest absolute Gasteiger partial charge is 0.377 e. The average molecular weight is 201 g/mol. The van der Waals surface area contributed by atoms with Crippen LogP contribution in [0.15, 0.2) is 0 Å². The van der Waals surface area contributed by atoms with Gasteiger partial charge in [0.1, 0.15) is 0 Å². The summed E-state index contributed by atoms with van der Waals surface area (Å²) in [5.41, 5.74) is 0. The summed E-state index contributed by atoms with van der Waals surface area (Å²) >= 11 is 0. The van der Waals surface area contributed by atoms with Crippen LogP contribution in [0.5, 0.6) is 0 Å². The van der Waals surface area contributed by atoms with Crippen molar-refractivity contribution in [3.8, 4) is 0 Å². The fourth-order valence-corrected chi connectivity index (χ4v) is 1.23. The Kier molecular flexibility index (Phi) is 9.42. The van der Waals surface area contributed by atoms with Crippen molar-refractivity contribution in [3.63, 3.8) is 0 Å². The molecule has 0 spiro atoms. The summed E-state index contributed by atoms with van der Waals surface area (Å²) in [7, 11) is 0. The van der Waals surface area contributed by atoms with Gasteiger partial charge < -0.3 is 10.1 Å². The van der Waals surface area contributed by atoms with Crippen molar-refractivity contribution in [1.82, 2.24) is 5.32 Å². The molecule has 0 aliphatic heterocycles. The molecule has 0 aromatic carbocycles. The van der Waals surface area contributed by atoms with Gasteiger partial charge in [-0.05, 0) is 31.7 Å². The van der Waals surface area contributed by atoms with Gasteiger partial charge >= 0.3 is 0 Å². The van der Waals surface area contributed by atoms with Crippen molar-refractivity contribution in [3.05, 3.63) is 0 Å². The van der Waals surface area contributed by atoms with Crippen molar-refractivity contribution in [2.75, 3.05) is 19.7 Å². The van der Waals surface area contributed by atoms with Crippen molar-refractivity contribution in [2.45, 2.75) is 53.1 Å². The first-order valence-corrected chi connectivity index (χ1v) is 6.03. The highest BCUT2D eigenvalue weighted by Crippen LogP contribution is 2.03. The van der Waals surface area contributed by atoms with Crippen molar-refractivity contribution >= 4 is 0 Å². The third-order valence-electron chi connectivity index (χ3n) is 2.30. The number of rotatable bonds is 9. The maximum Gasteiger partial charge on any atom is 0.0696 e. The maximum atomic E-state index is 5.79. The van der Waals surface area contributed by atoms with Gasteiger partial charge in [0, 0.05) is 13.2 Å². The molecule has 2 heteroatoms. The molecule has 0 saturated heterocycles. The van der Waals surface area contributed by atoms with Crippen LogP contribution in [0.1, 0.15) is 47.0 Å². The number of nitrogens with one attached hydrogen (secondary N) is 1. The Morgan fingerprint density at radius 3 is 2.43 bits per heavy atom. The van der Waals surface area contributed by atoms with E-state index in [-0.39, 0.29) is 0 Å². The number of hydrogen-bond donors (Lipinski definition) is 1. The second kappa shape index (κ2) is 9.47. The standard InChI is InChI=1S/C12H27NO/c1-5-8-13-10-12(6-2)14-9-7-11(3)4/h11-13H,5-10H2,1-4H3. The summed E-state index contributed by atoms with van der Waals surface area (Å²) in [6.45, 7) is 11.9. The molecule has 0 aromatic rings. The van der Waals surface area contributed by atoms with Gasteiger partial charge in [0.05, 0.1) is 6.10 Å². The maximum absolute atomic E-state index is 5.79. The fourth-order valence-electron chi connectivity index (χ4n) is 1.23. The van der Waals surface area contributed by atoms with Crippen LogP contribution in [-0.4, -0.2) is 25.8 Å². The van der Waals surface area contributed by atoms with E-state index >= 15 is 0 Å². The molecule has 14 heavy (non-hydrogen) atoms. The van der Waals surface area contributed by atoms with E-state index in [9.17, 15) is 0 Å². The molecule has 2 nitrogen and oxygen atoms in total. The average Bonchev–Trinajstić information content (AvgIpc) is 2.15. The molecule has 86 valence electrons. The molecule has 1 unspecified atom stereocenters. The predicted octanol–water partition coefficient (Wildman–Crippen LogP) is 2.83. The van der Waals surface area contributed by atoms with E-state index in [1.54, 1.807) is 0 Å². The summed E-state index contributed by atoms with van der Waals surface area (Å²) in [6.07, 6.45) is 3.88. The van der Waals surface area contributed by atoms with Gasteiger partial charge in [0.2, 0.25) is 0 Å². The van der Waals surface area contributed by atoms with Gasteiger partial charge in [-0.15, -0.1) is 0 Å². The minimum atomic E-state index is 0.403. The summed E-state index contributed by atoms with van der Waals surface area (Å²) < 4.78 is 5.79. The van der Waals surface area contributed by atoms with E-state index in [2.05, 4.69) is 33.0 Å². The van der Waals surface area contributed by atoms with E-state index in [4.69, 9.17) is 4.74 Å². The molecule has 0 amide bonds. The molecule has 0 rings (SSSR count). The Balaban J connectivity index is 3.38. The second-order valence-corrected chi connectivity index (χ2v) is 4.29. The lowest BCUT2D eigenvalue weighted by molar-refractivity contribution is 0.0444. The quantitative estimate of drug-likeness (QED) is 0.579. The van der Waals surface area contributed by atoms with Crippen LogP contribution in [0.2, 0.25) is 0 Å². The Labute approximate surface area is 89.4 Å². The second-order valence-electron chi connectivity index (χ2n) is 4.29.